The third kappa shape index (κ3) is 6.53. The van der Waals surface area contributed by atoms with Crippen molar-refractivity contribution in [2.45, 2.75) is 38.4 Å². The molecule has 19 heavy (non-hydrogen) atoms. The topological polar surface area (TPSA) is 84.7 Å². The summed E-state index contributed by atoms with van der Waals surface area (Å²) in [4.78, 5) is 11.6. The van der Waals surface area contributed by atoms with Gasteiger partial charge >= 0.3 is 0 Å². The van der Waals surface area contributed by atoms with Crippen molar-refractivity contribution in [2.75, 3.05) is 25.4 Å². The fourth-order valence-corrected chi connectivity index (χ4v) is 2.12. The van der Waals surface area contributed by atoms with Crippen LogP contribution >= 0.6 is 11.8 Å². The smallest absolute Gasteiger partial charge is 0.230 e. The maximum atomic E-state index is 11.6. The normalized spacial score (nSPS) is 10.6. The fraction of sp³-hybridized carbons (Fsp3) is 0.818. The lowest BCUT2D eigenvalue weighted by Crippen LogP contribution is -2.26. The molecule has 0 aromatic carbocycles. The Kier molecular flexibility index (Phi) is 8.15. The van der Waals surface area contributed by atoms with Crippen LogP contribution in [-0.4, -0.2) is 51.5 Å². The average Bonchev–Trinajstić information content (AvgIpc) is 2.85. The summed E-state index contributed by atoms with van der Waals surface area (Å²) >= 11 is 1.36. The van der Waals surface area contributed by atoms with Crippen molar-refractivity contribution in [3.8, 4) is 0 Å². The second-order valence-electron chi connectivity index (χ2n) is 4.03. The van der Waals surface area contributed by atoms with Crippen LogP contribution in [0.1, 0.15) is 26.7 Å². The molecule has 2 N–H and O–H groups in total. The zero-order chi connectivity index (χ0) is 13.9. The van der Waals surface area contributed by atoms with E-state index in [1.807, 2.05) is 0 Å². The van der Waals surface area contributed by atoms with E-state index in [0.717, 1.165) is 32.5 Å². The van der Waals surface area contributed by atoms with Crippen molar-refractivity contribution in [3.05, 3.63) is 0 Å². The van der Waals surface area contributed by atoms with Gasteiger partial charge in [-0.1, -0.05) is 32.0 Å². The number of amides is 1. The molecule has 0 saturated heterocycles. The third-order valence-electron chi connectivity index (χ3n) is 2.43. The van der Waals surface area contributed by atoms with Crippen LogP contribution in [0.25, 0.3) is 0 Å². The lowest BCUT2D eigenvalue weighted by molar-refractivity contribution is -0.118. The molecule has 0 unspecified atom stereocenters. The first-order valence-corrected chi connectivity index (χ1v) is 7.62. The Morgan fingerprint density at radius 3 is 2.95 bits per heavy atom. The molecule has 0 atom stereocenters. The van der Waals surface area contributed by atoms with Gasteiger partial charge in [-0.15, -0.1) is 5.10 Å². The molecule has 7 nitrogen and oxygen atoms in total. The highest BCUT2D eigenvalue weighted by Crippen LogP contribution is 2.12. The summed E-state index contributed by atoms with van der Waals surface area (Å²) in [6.45, 7) is 7.33. The Hall–Kier alpha value is -1.15. The van der Waals surface area contributed by atoms with Crippen LogP contribution in [0.4, 0.5) is 0 Å². The molecule has 0 radical (unpaired) electrons. The van der Waals surface area contributed by atoms with E-state index >= 15 is 0 Å². The number of tetrazole rings is 1. The Balaban J connectivity index is 2.28. The number of thioether (sulfide) groups is 1. The van der Waals surface area contributed by atoms with Crippen LogP contribution in [0.15, 0.2) is 5.16 Å². The van der Waals surface area contributed by atoms with E-state index in [4.69, 9.17) is 0 Å². The van der Waals surface area contributed by atoms with Gasteiger partial charge in [-0.25, -0.2) is 4.68 Å². The highest BCUT2D eigenvalue weighted by atomic mass is 32.2. The molecule has 1 aromatic rings. The molecule has 0 fully saturated rings. The van der Waals surface area contributed by atoms with Gasteiger partial charge in [-0.05, 0) is 23.4 Å². The average molecular weight is 286 g/mol. The van der Waals surface area contributed by atoms with E-state index in [9.17, 15) is 4.79 Å². The van der Waals surface area contributed by atoms with Crippen molar-refractivity contribution in [2.24, 2.45) is 0 Å². The van der Waals surface area contributed by atoms with Crippen LogP contribution in [0.3, 0.4) is 0 Å². The quantitative estimate of drug-likeness (QED) is 0.475. The number of hydrogen-bond donors (Lipinski definition) is 2. The number of nitrogens with one attached hydrogen (secondary N) is 2. The second-order valence-corrected chi connectivity index (χ2v) is 4.97. The molecule has 0 aliphatic carbocycles. The Labute approximate surface area is 117 Å². The van der Waals surface area contributed by atoms with Crippen molar-refractivity contribution >= 4 is 17.7 Å². The van der Waals surface area contributed by atoms with Gasteiger partial charge in [0.25, 0.3) is 0 Å². The van der Waals surface area contributed by atoms with Crippen molar-refractivity contribution in [3.63, 3.8) is 0 Å². The number of aromatic nitrogens is 4. The Morgan fingerprint density at radius 2 is 2.21 bits per heavy atom. The van der Waals surface area contributed by atoms with Gasteiger partial charge in [-0.3, -0.25) is 4.79 Å². The standard InChI is InChI=1S/C11H22N6OS/c1-3-5-6-13-10(18)9-19-11-14-15-16-17(11)8-7-12-4-2/h12H,3-9H2,1-2H3,(H,13,18). The molecule has 0 aliphatic rings. The number of likely N-dealkylation sites (N-methyl/N-ethyl adjacent to an activating group) is 1. The zero-order valence-corrected chi connectivity index (χ0v) is 12.4. The summed E-state index contributed by atoms with van der Waals surface area (Å²) in [7, 11) is 0. The number of unbranched alkanes of at least 4 members (excludes halogenated alkanes) is 1. The highest BCUT2D eigenvalue weighted by Gasteiger charge is 2.09. The summed E-state index contributed by atoms with van der Waals surface area (Å²) < 4.78 is 1.71. The van der Waals surface area contributed by atoms with Gasteiger partial charge < -0.3 is 10.6 Å². The summed E-state index contributed by atoms with van der Waals surface area (Å²) in [6, 6.07) is 0. The largest absolute Gasteiger partial charge is 0.355 e. The Bertz CT molecular complexity index is 370. The minimum atomic E-state index is 0.0275. The van der Waals surface area contributed by atoms with Gasteiger partial charge in [0.05, 0.1) is 12.3 Å². The maximum Gasteiger partial charge on any atom is 0.230 e. The minimum absolute atomic E-state index is 0.0275. The van der Waals surface area contributed by atoms with Gasteiger partial charge in [-0.2, -0.15) is 0 Å². The number of nitrogens with zero attached hydrogens (tertiary/aromatic N) is 4. The molecule has 1 aromatic heterocycles. The molecule has 8 heteroatoms. The SMILES string of the molecule is CCCCNC(=O)CSc1nnnn1CCNCC. The van der Waals surface area contributed by atoms with E-state index in [1.165, 1.54) is 11.8 Å². The van der Waals surface area contributed by atoms with Gasteiger partial charge in [0.15, 0.2) is 0 Å². The first kappa shape index (κ1) is 15.9. The van der Waals surface area contributed by atoms with Crippen LogP contribution in [0.5, 0.6) is 0 Å². The monoisotopic (exact) mass is 286 g/mol. The molecule has 1 amide bonds. The van der Waals surface area contributed by atoms with Crippen LogP contribution in [0.2, 0.25) is 0 Å². The van der Waals surface area contributed by atoms with E-state index in [0.29, 0.717) is 17.5 Å². The molecule has 0 saturated carbocycles. The molecular weight excluding hydrogens is 264 g/mol. The molecule has 0 aliphatic heterocycles. The molecule has 108 valence electrons. The summed E-state index contributed by atoms with van der Waals surface area (Å²) in [6.07, 6.45) is 2.09. The molecule has 1 rings (SSSR count). The maximum absolute atomic E-state index is 11.6. The van der Waals surface area contributed by atoms with Gasteiger partial charge in [0.1, 0.15) is 0 Å². The molecule has 0 bridgehead atoms. The van der Waals surface area contributed by atoms with Crippen LogP contribution < -0.4 is 10.6 Å². The fourth-order valence-electron chi connectivity index (χ4n) is 1.39. The van der Waals surface area contributed by atoms with E-state index < -0.39 is 0 Å². The zero-order valence-electron chi connectivity index (χ0n) is 11.6. The molecule has 0 spiro atoms. The van der Waals surface area contributed by atoms with Gasteiger partial charge in [0, 0.05) is 13.1 Å². The molecule has 1 heterocycles. The van der Waals surface area contributed by atoms with Gasteiger partial charge in [0.2, 0.25) is 11.1 Å². The lowest BCUT2D eigenvalue weighted by atomic mass is 10.3. The number of hydrogen-bond acceptors (Lipinski definition) is 6. The van der Waals surface area contributed by atoms with E-state index in [-0.39, 0.29) is 5.91 Å². The highest BCUT2D eigenvalue weighted by molar-refractivity contribution is 7.99. The predicted octanol–water partition coefficient (Wildman–Crippen LogP) is 0.291. The lowest BCUT2D eigenvalue weighted by Gasteiger charge is -2.05. The van der Waals surface area contributed by atoms with Crippen molar-refractivity contribution in [1.82, 2.24) is 30.8 Å². The third-order valence-corrected chi connectivity index (χ3v) is 3.39. The Morgan fingerprint density at radius 1 is 1.37 bits per heavy atom. The molecular formula is C11H22N6OS. The van der Waals surface area contributed by atoms with Crippen LogP contribution in [-0.2, 0) is 11.3 Å². The number of carbonyl (C=O) groups is 1. The first-order chi connectivity index (χ1) is 9.27. The number of rotatable bonds is 10. The van der Waals surface area contributed by atoms with E-state index in [1.54, 1.807) is 4.68 Å². The van der Waals surface area contributed by atoms with Crippen molar-refractivity contribution in [1.29, 1.82) is 0 Å². The second kappa shape index (κ2) is 9.74. The predicted molar refractivity (Wildman–Crippen MR) is 75.0 cm³/mol. The summed E-state index contributed by atoms with van der Waals surface area (Å²) in [5, 5.41) is 18.2. The first-order valence-electron chi connectivity index (χ1n) is 6.64. The summed E-state index contributed by atoms with van der Waals surface area (Å²) in [5.41, 5.74) is 0. The minimum Gasteiger partial charge on any atom is -0.355 e. The van der Waals surface area contributed by atoms with Crippen LogP contribution in [0, 0.1) is 0 Å². The van der Waals surface area contributed by atoms with Crippen molar-refractivity contribution < 1.29 is 4.79 Å². The summed E-state index contributed by atoms with van der Waals surface area (Å²) in [5.74, 6) is 0.380. The number of carbonyl (C=O) groups excluding carboxylic acids is 1. The van der Waals surface area contributed by atoms with E-state index in [2.05, 4.69) is 40.0 Å².